The summed E-state index contributed by atoms with van der Waals surface area (Å²) in [5.74, 6) is -1.02. The van der Waals surface area contributed by atoms with E-state index >= 15 is 0 Å². The molecule has 4 rings (SSSR count). The Morgan fingerprint density at radius 3 is 2.34 bits per heavy atom. The van der Waals surface area contributed by atoms with Crippen molar-refractivity contribution in [2.24, 2.45) is 5.92 Å². The molecule has 7 nitrogen and oxygen atoms in total. The van der Waals surface area contributed by atoms with E-state index in [2.05, 4.69) is 29.6 Å². The zero-order valence-corrected chi connectivity index (χ0v) is 18.6. The molecule has 1 fully saturated rings. The third-order valence-electron chi connectivity index (χ3n) is 6.13. The van der Waals surface area contributed by atoms with E-state index in [0.717, 1.165) is 22.3 Å². The fourth-order valence-electron chi connectivity index (χ4n) is 4.36. The van der Waals surface area contributed by atoms with Gasteiger partial charge in [-0.2, -0.15) is 0 Å². The van der Waals surface area contributed by atoms with Crippen molar-refractivity contribution in [3.05, 3.63) is 59.7 Å². The zero-order chi connectivity index (χ0) is 22.7. The number of thioether (sulfide) groups is 1. The fourth-order valence-corrected chi connectivity index (χ4v) is 5.52. The van der Waals surface area contributed by atoms with Gasteiger partial charge in [-0.3, -0.25) is 4.79 Å². The highest BCUT2D eigenvalue weighted by molar-refractivity contribution is 7.99. The molecule has 1 heterocycles. The van der Waals surface area contributed by atoms with Gasteiger partial charge in [-0.05, 0) is 28.7 Å². The number of alkyl carbamates (subject to hydrolysis) is 1. The van der Waals surface area contributed by atoms with Crippen LogP contribution in [-0.2, 0) is 14.3 Å². The Hall–Kier alpha value is -3.00. The van der Waals surface area contributed by atoms with Gasteiger partial charge >= 0.3 is 12.1 Å². The number of hydrogen-bond donors (Lipinski definition) is 2. The molecule has 0 saturated carbocycles. The predicted octanol–water partition coefficient (Wildman–Crippen LogP) is 3.54. The summed E-state index contributed by atoms with van der Waals surface area (Å²) in [4.78, 5) is 38.0. The molecule has 2 aromatic rings. The Morgan fingerprint density at radius 2 is 1.75 bits per heavy atom. The van der Waals surface area contributed by atoms with Crippen LogP contribution < -0.4 is 5.32 Å². The second-order valence-corrected chi connectivity index (χ2v) is 8.97. The van der Waals surface area contributed by atoms with E-state index < -0.39 is 24.0 Å². The van der Waals surface area contributed by atoms with Crippen LogP contribution in [0.3, 0.4) is 0 Å². The Bertz CT molecular complexity index is 981. The van der Waals surface area contributed by atoms with Crippen molar-refractivity contribution in [2.45, 2.75) is 25.3 Å². The van der Waals surface area contributed by atoms with Gasteiger partial charge in [0.05, 0.1) is 11.8 Å². The molecule has 0 radical (unpaired) electrons. The summed E-state index contributed by atoms with van der Waals surface area (Å²) in [5, 5.41) is 12.0. The Balaban J connectivity index is 1.34. The van der Waals surface area contributed by atoms with Crippen molar-refractivity contribution in [1.82, 2.24) is 10.2 Å². The van der Waals surface area contributed by atoms with Crippen molar-refractivity contribution in [2.75, 3.05) is 24.8 Å². The molecule has 2 aliphatic rings. The number of rotatable bonds is 7. The average Bonchev–Trinajstić information content (AvgIpc) is 3.41. The molecule has 1 unspecified atom stereocenters. The molecule has 1 aliphatic carbocycles. The van der Waals surface area contributed by atoms with Gasteiger partial charge in [-0.25, -0.2) is 9.59 Å². The first-order valence-corrected chi connectivity index (χ1v) is 11.9. The molecule has 0 bridgehead atoms. The fraction of sp³-hybridized carbons (Fsp3) is 0.375. The molecule has 0 spiro atoms. The minimum atomic E-state index is -0.998. The van der Waals surface area contributed by atoms with Gasteiger partial charge < -0.3 is 20.1 Å². The molecule has 8 heteroatoms. The first-order chi connectivity index (χ1) is 15.5. The van der Waals surface area contributed by atoms with Crippen LogP contribution >= 0.6 is 11.8 Å². The number of nitrogens with one attached hydrogen (secondary N) is 1. The lowest BCUT2D eigenvalue weighted by molar-refractivity contribution is -0.149. The van der Waals surface area contributed by atoms with Gasteiger partial charge in [0.2, 0.25) is 5.91 Å². The van der Waals surface area contributed by atoms with Crippen LogP contribution in [0.5, 0.6) is 0 Å². The van der Waals surface area contributed by atoms with E-state index in [1.54, 1.807) is 0 Å². The largest absolute Gasteiger partial charge is 0.480 e. The van der Waals surface area contributed by atoms with Crippen LogP contribution in [0, 0.1) is 5.92 Å². The maximum atomic E-state index is 12.8. The minimum Gasteiger partial charge on any atom is -0.480 e. The first-order valence-electron chi connectivity index (χ1n) is 10.7. The number of amides is 2. The summed E-state index contributed by atoms with van der Waals surface area (Å²) in [5.41, 5.74) is 4.58. The Labute approximate surface area is 191 Å². The molecular formula is C24H26N2O5S. The molecule has 32 heavy (non-hydrogen) atoms. The lowest BCUT2D eigenvalue weighted by Crippen LogP contribution is -2.47. The number of ether oxygens (including phenoxy) is 1. The highest BCUT2D eigenvalue weighted by Gasteiger charge is 2.37. The molecule has 2 amide bonds. The molecule has 0 aromatic heterocycles. The number of carbonyl (C=O) groups is 3. The van der Waals surface area contributed by atoms with Crippen molar-refractivity contribution in [3.8, 4) is 11.1 Å². The van der Waals surface area contributed by atoms with Crippen LogP contribution in [-0.4, -0.2) is 58.8 Å². The van der Waals surface area contributed by atoms with Gasteiger partial charge in [0.15, 0.2) is 0 Å². The number of aliphatic carboxylic acids is 1. The minimum absolute atomic E-state index is 0.0327. The number of fused-ring (bicyclic) bond motifs is 3. The standard InChI is InChI=1S/C24H26N2O5S/c1-2-15(22(27)26-14-32-13-21(26)23(28)29)11-25-24(30)31-12-20-18-9-5-3-7-16(18)17-8-4-6-10-19(17)20/h3-10,15,20-21H,2,11-14H2,1H3,(H,25,30)(H,28,29)/t15?,21-/m0/s1. The monoisotopic (exact) mass is 454 g/mol. The lowest BCUT2D eigenvalue weighted by atomic mass is 9.98. The van der Waals surface area contributed by atoms with Gasteiger partial charge in [0.1, 0.15) is 12.6 Å². The van der Waals surface area contributed by atoms with E-state index in [4.69, 9.17) is 4.74 Å². The summed E-state index contributed by atoms with van der Waals surface area (Å²) in [6, 6.07) is 15.4. The normalized spacial score (nSPS) is 18.0. The van der Waals surface area contributed by atoms with Crippen LogP contribution in [0.1, 0.15) is 30.4 Å². The average molecular weight is 455 g/mol. The SMILES string of the molecule is CCC(CNC(=O)OCC1c2ccccc2-c2ccccc21)C(=O)N1CSC[C@H]1C(=O)O. The second kappa shape index (κ2) is 9.65. The number of hydrogen-bond acceptors (Lipinski definition) is 5. The van der Waals surface area contributed by atoms with Gasteiger partial charge in [0, 0.05) is 18.2 Å². The lowest BCUT2D eigenvalue weighted by Gasteiger charge is -2.25. The second-order valence-electron chi connectivity index (χ2n) is 7.97. The summed E-state index contributed by atoms with van der Waals surface area (Å²) >= 11 is 1.42. The smallest absolute Gasteiger partial charge is 0.407 e. The molecule has 2 aromatic carbocycles. The highest BCUT2D eigenvalue weighted by atomic mass is 32.2. The molecule has 168 valence electrons. The van der Waals surface area contributed by atoms with E-state index in [0.29, 0.717) is 18.1 Å². The Morgan fingerprint density at radius 1 is 1.12 bits per heavy atom. The zero-order valence-electron chi connectivity index (χ0n) is 17.8. The van der Waals surface area contributed by atoms with Crippen molar-refractivity contribution in [1.29, 1.82) is 0 Å². The first kappa shape index (κ1) is 22.2. The van der Waals surface area contributed by atoms with Crippen LogP contribution in [0.15, 0.2) is 48.5 Å². The van der Waals surface area contributed by atoms with Crippen LogP contribution in [0.2, 0.25) is 0 Å². The molecule has 1 aliphatic heterocycles. The number of nitrogens with zero attached hydrogens (tertiary/aromatic N) is 1. The van der Waals surface area contributed by atoms with Crippen molar-refractivity contribution >= 4 is 29.7 Å². The van der Waals surface area contributed by atoms with Crippen LogP contribution in [0.4, 0.5) is 4.79 Å². The highest BCUT2D eigenvalue weighted by Crippen LogP contribution is 2.44. The van der Waals surface area contributed by atoms with E-state index in [-0.39, 0.29) is 25.0 Å². The third-order valence-corrected chi connectivity index (χ3v) is 7.14. The van der Waals surface area contributed by atoms with Gasteiger partial charge in [-0.1, -0.05) is 55.5 Å². The maximum absolute atomic E-state index is 12.8. The molecule has 2 atom stereocenters. The van der Waals surface area contributed by atoms with Gasteiger partial charge in [0.25, 0.3) is 0 Å². The predicted molar refractivity (Wildman–Crippen MR) is 122 cm³/mol. The summed E-state index contributed by atoms with van der Waals surface area (Å²) in [6.45, 7) is 2.16. The summed E-state index contributed by atoms with van der Waals surface area (Å²) in [6.07, 6.45) is -0.0839. The molecular weight excluding hydrogens is 428 g/mol. The topological polar surface area (TPSA) is 95.9 Å². The van der Waals surface area contributed by atoms with Gasteiger partial charge in [-0.15, -0.1) is 11.8 Å². The van der Waals surface area contributed by atoms with E-state index in [9.17, 15) is 19.5 Å². The van der Waals surface area contributed by atoms with E-state index in [1.165, 1.54) is 16.7 Å². The quantitative estimate of drug-likeness (QED) is 0.664. The van der Waals surface area contributed by atoms with Crippen molar-refractivity contribution in [3.63, 3.8) is 0 Å². The Kier molecular flexibility index (Phi) is 6.69. The number of carbonyl (C=O) groups excluding carboxylic acids is 2. The molecule has 1 saturated heterocycles. The van der Waals surface area contributed by atoms with Crippen LogP contribution in [0.25, 0.3) is 11.1 Å². The molecule has 2 N–H and O–H groups in total. The number of carboxylic acids is 1. The number of carboxylic acid groups (broad SMARTS) is 1. The maximum Gasteiger partial charge on any atom is 0.407 e. The van der Waals surface area contributed by atoms with E-state index in [1.807, 2.05) is 31.2 Å². The third kappa shape index (κ3) is 4.32. The summed E-state index contributed by atoms with van der Waals surface area (Å²) < 4.78 is 5.53. The number of benzene rings is 2. The van der Waals surface area contributed by atoms with Crippen molar-refractivity contribution < 1.29 is 24.2 Å². The summed E-state index contributed by atoms with van der Waals surface area (Å²) in [7, 11) is 0.